The molecule has 5 atom stereocenters. The van der Waals surface area contributed by atoms with Crippen LogP contribution in [0.2, 0.25) is 0 Å². The van der Waals surface area contributed by atoms with Crippen LogP contribution in [-0.4, -0.2) is 71.5 Å². The number of nitrogens with one attached hydrogen (secondary N) is 3. The molecule has 3 amide bonds. The highest BCUT2D eigenvalue weighted by Crippen LogP contribution is 2.12. The SMILES string of the molecule is CCC(C)C(NC(=O)C(CCCCN)NC(=O)C(N)CCSC)C(=O)NC(Cc1ccccc1)C(=O)O. The molecule has 0 aromatic heterocycles. The van der Waals surface area contributed by atoms with Crippen LogP contribution in [0.1, 0.15) is 51.5 Å². The Balaban J connectivity index is 3.00. The number of carbonyl (C=O) groups is 4. The lowest BCUT2D eigenvalue weighted by Gasteiger charge is -2.28. The molecule has 0 aliphatic carbocycles. The van der Waals surface area contributed by atoms with Crippen molar-refractivity contribution in [3.63, 3.8) is 0 Å². The predicted octanol–water partition coefficient (Wildman–Crippen LogP) is 1.02. The largest absolute Gasteiger partial charge is 0.480 e. The molecular weight excluding hydrogens is 494 g/mol. The Hall–Kier alpha value is -2.63. The molecule has 0 fully saturated rings. The molecule has 0 bridgehead atoms. The summed E-state index contributed by atoms with van der Waals surface area (Å²) in [5.74, 6) is -2.27. The standard InChI is InChI=1S/C26H43N5O5S/c1-4-17(2)22(25(34)30-21(26(35)36)16-18-10-6-5-7-11-18)31-24(33)20(12-8-9-14-27)29-23(32)19(28)13-15-37-3/h5-7,10-11,17,19-22H,4,8-9,12-16,27-28H2,1-3H3,(H,29,32)(H,30,34)(H,31,33)(H,35,36). The van der Waals surface area contributed by atoms with Crippen LogP contribution in [0.3, 0.4) is 0 Å². The number of unbranched alkanes of at least 4 members (excludes halogenated alkanes) is 1. The molecule has 37 heavy (non-hydrogen) atoms. The van der Waals surface area contributed by atoms with Gasteiger partial charge in [0, 0.05) is 6.42 Å². The maximum Gasteiger partial charge on any atom is 0.326 e. The van der Waals surface area contributed by atoms with Gasteiger partial charge in [-0.1, -0.05) is 50.6 Å². The van der Waals surface area contributed by atoms with Crippen LogP contribution in [0.25, 0.3) is 0 Å². The summed E-state index contributed by atoms with van der Waals surface area (Å²) >= 11 is 1.57. The van der Waals surface area contributed by atoms with E-state index in [4.69, 9.17) is 11.5 Å². The van der Waals surface area contributed by atoms with E-state index in [0.717, 1.165) is 5.56 Å². The fraction of sp³-hybridized carbons (Fsp3) is 0.615. The van der Waals surface area contributed by atoms with Gasteiger partial charge >= 0.3 is 5.97 Å². The van der Waals surface area contributed by atoms with Crippen molar-refractivity contribution in [3.8, 4) is 0 Å². The quantitative estimate of drug-likeness (QED) is 0.150. The first-order valence-corrected chi connectivity index (χ1v) is 14.2. The molecule has 8 N–H and O–H groups in total. The van der Waals surface area contributed by atoms with E-state index < -0.39 is 47.9 Å². The summed E-state index contributed by atoms with van der Waals surface area (Å²) in [5, 5.41) is 17.8. The van der Waals surface area contributed by atoms with Crippen LogP contribution in [0.5, 0.6) is 0 Å². The number of carboxylic acids is 1. The number of carbonyl (C=O) groups excluding carboxylic acids is 3. The zero-order valence-electron chi connectivity index (χ0n) is 22.1. The first-order valence-electron chi connectivity index (χ1n) is 12.8. The number of benzene rings is 1. The zero-order chi connectivity index (χ0) is 27.8. The molecule has 0 saturated heterocycles. The number of carboxylic acid groups (broad SMARTS) is 1. The fourth-order valence-corrected chi connectivity index (χ4v) is 4.17. The number of hydrogen-bond donors (Lipinski definition) is 6. The molecule has 0 spiro atoms. The van der Waals surface area contributed by atoms with Gasteiger partial charge in [0.2, 0.25) is 17.7 Å². The number of hydrogen-bond acceptors (Lipinski definition) is 7. The van der Waals surface area contributed by atoms with E-state index in [1.165, 1.54) is 0 Å². The molecule has 0 saturated carbocycles. The van der Waals surface area contributed by atoms with Crippen LogP contribution in [0, 0.1) is 5.92 Å². The van der Waals surface area contributed by atoms with E-state index in [1.807, 2.05) is 19.2 Å². The minimum Gasteiger partial charge on any atom is -0.480 e. The lowest BCUT2D eigenvalue weighted by atomic mass is 9.96. The summed E-state index contributed by atoms with van der Waals surface area (Å²) in [6.45, 7) is 4.13. The number of aliphatic carboxylic acids is 1. The van der Waals surface area contributed by atoms with Gasteiger partial charge in [-0.3, -0.25) is 14.4 Å². The van der Waals surface area contributed by atoms with E-state index in [-0.39, 0.29) is 12.3 Å². The van der Waals surface area contributed by atoms with Crippen LogP contribution in [-0.2, 0) is 25.6 Å². The summed E-state index contributed by atoms with van der Waals surface area (Å²) in [6.07, 6.45) is 4.68. The summed E-state index contributed by atoms with van der Waals surface area (Å²) in [4.78, 5) is 50.9. The Morgan fingerprint density at radius 2 is 1.59 bits per heavy atom. The average molecular weight is 538 g/mol. The smallest absolute Gasteiger partial charge is 0.326 e. The third kappa shape index (κ3) is 12.0. The third-order valence-electron chi connectivity index (χ3n) is 6.24. The maximum atomic E-state index is 13.3. The summed E-state index contributed by atoms with van der Waals surface area (Å²) in [6, 6.07) is 5.21. The molecular formula is C26H43N5O5S. The zero-order valence-corrected chi connectivity index (χ0v) is 22.9. The lowest BCUT2D eigenvalue weighted by molar-refractivity contribution is -0.142. The lowest BCUT2D eigenvalue weighted by Crippen LogP contribution is -2.58. The van der Waals surface area contributed by atoms with Crippen molar-refractivity contribution in [2.45, 2.75) is 76.5 Å². The van der Waals surface area contributed by atoms with Gasteiger partial charge in [-0.2, -0.15) is 11.8 Å². The van der Waals surface area contributed by atoms with E-state index in [9.17, 15) is 24.3 Å². The number of amides is 3. The molecule has 0 heterocycles. The Bertz CT molecular complexity index is 857. The Labute approximate surface area is 224 Å². The molecule has 1 aromatic rings. The first-order chi connectivity index (χ1) is 17.6. The van der Waals surface area contributed by atoms with Gasteiger partial charge in [0.25, 0.3) is 0 Å². The number of thioether (sulfide) groups is 1. The number of nitrogens with two attached hydrogens (primary N) is 2. The highest BCUT2D eigenvalue weighted by Gasteiger charge is 2.32. The van der Waals surface area contributed by atoms with Gasteiger partial charge in [-0.25, -0.2) is 4.79 Å². The van der Waals surface area contributed by atoms with Gasteiger partial charge in [0.1, 0.15) is 18.1 Å². The molecule has 11 heteroatoms. The van der Waals surface area contributed by atoms with Crippen molar-refractivity contribution in [2.24, 2.45) is 17.4 Å². The second kappa shape index (κ2) is 17.8. The van der Waals surface area contributed by atoms with Crippen LogP contribution in [0.4, 0.5) is 0 Å². The summed E-state index contributed by atoms with van der Waals surface area (Å²) in [7, 11) is 0. The topological polar surface area (TPSA) is 177 Å². The summed E-state index contributed by atoms with van der Waals surface area (Å²) in [5.41, 5.74) is 12.3. The van der Waals surface area contributed by atoms with Crippen molar-refractivity contribution in [3.05, 3.63) is 35.9 Å². The molecule has 0 aliphatic rings. The van der Waals surface area contributed by atoms with Gasteiger partial charge < -0.3 is 32.5 Å². The van der Waals surface area contributed by atoms with E-state index in [2.05, 4.69) is 16.0 Å². The highest BCUT2D eigenvalue weighted by atomic mass is 32.2. The van der Waals surface area contributed by atoms with Gasteiger partial charge in [0.05, 0.1) is 6.04 Å². The Morgan fingerprint density at radius 3 is 2.16 bits per heavy atom. The Kier molecular flexibility index (Phi) is 15.6. The Morgan fingerprint density at radius 1 is 0.946 bits per heavy atom. The van der Waals surface area contributed by atoms with Crippen LogP contribution < -0.4 is 27.4 Å². The van der Waals surface area contributed by atoms with Crippen molar-refractivity contribution in [1.29, 1.82) is 0 Å². The molecule has 1 rings (SSSR count). The number of rotatable bonds is 18. The van der Waals surface area contributed by atoms with E-state index in [0.29, 0.717) is 44.4 Å². The van der Waals surface area contributed by atoms with Gasteiger partial charge in [0.15, 0.2) is 0 Å². The van der Waals surface area contributed by atoms with E-state index in [1.54, 1.807) is 43.0 Å². The first kappa shape index (κ1) is 32.4. The minimum absolute atomic E-state index is 0.106. The molecule has 208 valence electrons. The van der Waals surface area contributed by atoms with E-state index >= 15 is 0 Å². The predicted molar refractivity (Wildman–Crippen MR) is 147 cm³/mol. The average Bonchev–Trinajstić information content (AvgIpc) is 2.89. The minimum atomic E-state index is -1.17. The van der Waals surface area contributed by atoms with Crippen molar-refractivity contribution in [1.82, 2.24) is 16.0 Å². The third-order valence-corrected chi connectivity index (χ3v) is 6.88. The summed E-state index contributed by atoms with van der Waals surface area (Å²) < 4.78 is 0. The molecule has 0 radical (unpaired) electrons. The molecule has 5 unspecified atom stereocenters. The van der Waals surface area contributed by atoms with Crippen molar-refractivity contribution in [2.75, 3.05) is 18.6 Å². The molecule has 0 aliphatic heterocycles. The van der Waals surface area contributed by atoms with Gasteiger partial charge in [-0.15, -0.1) is 0 Å². The van der Waals surface area contributed by atoms with Crippen LogP contribution in [0.15, 0.2) is 30.3 Å². The van der Waals surface area contributed by atoms with Crippen molar-refractivity contribution < 1.29 is 24.3 Å². The normalized spacial score (nSPS) is 15.1. The highest BCUT2D eigenvalue weighted by molar-refractivity contribution is 7.98. The fourth-order valence-electron chi connectivity index (χ4n) is 3.68. The molecule has 1 aromatic carbocycles. The molecule has 10 nitrogen and oxygen atoms in total. The van der Waals surface area contributed by atoms with Crippen LogP contribution >= 0.6 is 11.8 Å². The van der Waals surface area contributed by atoms with Gasteiger partial charge in [-0.05, 0) is 55.7 Å². The second-order valence-corrected chi connectivity index (χ2v) is 10.2. The monoisotopic (exact) mass is 537 g/mol. The second-order valence-electron chi connectivity index (χ2n) is 9.19. The maximum absolute atomic E-state index is 13.3. The van der Waals surface area contributed by atoms with Crippen molar-refractivity contribution >= 4 is 35.5 Å².